The van der Waals surface area contributed by atoms with Gasteiger partial charge in [-0.2, -0.15) is 0 Å². The van der Waals surface area contributed by atoms with Crippen LogP contribution in [0.25, 0.3) is 0 Å². The number of piperazine rings is 1. The highest BCUT2D eigenvalue weighted by Crippen LogP contribution is 2.02. The van der Waals surface area contributed by atoms with Crippen LogP contribution in [0.3, 0.4) is 0 Å². The number of likely N-dealkylation sites (N-methyl/N-ethyl adjacent to an activating group) is 1. The molecule has 1 aromatic heterocycles. The number of aromatic nitrogens is 1. The molecule has 0 unspecified atom stereocenters. The quantitative estimate of drug-likeness (QED) is 0.845. The summed E-state index contributed by atoms with van der Waals surface area (Å²) >= 11 is 0. The molecule has 1 aliphatic heterocycles. The molecule has 0 radical (unpaired) electrons. The van der Waals surface area contributed by atoms with Gasteiger partial charge in [-0.1, -0.05) is 6.07 Å². The molecule has 104 valence electrons. The Morgan fingerprint density at radius 2 is 2.11 bits per heavy atom. The molecule has 1 fully saturated rings. The molecule has 2 heterocycles. The fourth-order valence-corrected chi connectivity index (χ4v) is 2.16. The zero-order chi connectivity index (χ0) is 13.7. The van der Waals surface area contributed by atoms with Crippen molar-refractivity contribution in [2.75, 3.05) is 39.8 Å². The van der Waals surface area contributed by atoms with Crippen LogP contribution in [-0.4, -0.2) is 60.5 Å². The molecule has 1 saturated heterocycles. The number of hydrogen-bond acceptors (Lipinski definition) is 4. The van der Waals surface area contributed by atoms with Crippen LogP contribution in [0.15, 0.2) is 18.3 Å². The molecule has 0 bridgehead atoms. The van der Waals surface area contributed by atoms with E-state index in [1.807, 2.05) is 24.0 Å². The number of carbonyl (C=O) groups is 1. The van der Waals surface area contributed by atoms with Gasteiger partial charge in [-0.15, -0.1) is 0 Å². The molecule has 5 heteroatoms. The largest absolute Gasteiger partial charge is 0.339 e. The van der Waals surface area contributed by atoms with Crippen LogP contribution in [0, 0.1) is 6.92 Å². The fourth-order valence-electron chi connectivity index (χ4n) is 2.16. The van der Waals surface area contributed by atoms with Gasteiger partial charge < -0.3 is 15.1 Å². The summed E-state index contributed by atoms with van der Waals surface area (Å²) in [5.41, 5.74) is 2.16. The van der Waals surface area contributed by atoms with Crippen LogP contribution < -0.4 is 5.32 Å². The number of aryl methyl sites for hydroxylation is 1. The summed E-state index contributed by atoms with van der Waals surface area (Å²) in [5.74, 6) is 0.182. The molecular formula is C14H22N4O. The average molecular weight is 262 g/mol. The Balaban J connectivity index is 1.74. The first-order chi connectivity index (χ1) is 9.16. The lowest BCUT2D eigenvalue weighted by atomic mass is 10.2. The predicted octanol–water partition coefficient (Wildman–Crippen LogP) is 0.254. The van der Waals surface area contributed by atoms with Crippen molar-refractivity contribution < 1.29 is 4.79 Å². The highest BCUT2D eigenvalue weighted by atomic mass is 16.2. The minimum absolute atomic E-state index is 0.182. The summed E-state index contributed by atoms with van der Waals surface area (Å²) in [6.45, 7) is 6.66. The molecule has 2 rings (SSSR count). The normalized spacial score (nSPS) is 16.6. The molecule has 1 N–H and O–H groups in total. The first kappa shape index (κ1) is 14.0. The third-order valence-electron chi connectivity index (χ3n) is 3.54. The molecule has 1 aliphatic rings. The second kappa shape index (κ2) is 6.63. The number of nitrogens with one attached hydrogen (secondary N) is 1. The second-order valence-corrected chi connectivity index (χ2v) is 5.05. The van der Waals surface area contributed by atoms with Gasteiger partial charge in [0.05, 0.1) is 12.2 Å². The Morgan fingerprint density at radius 3 is 2.79 bits per heavy atom. The van der Waals surface area contributed by atoms with Crippen molar-refractivity contribution in [2.24, 2.45) is 0 Å². The minimum Gasteiger partial charge on any atom is -0.339 e. The van der Waals surface area contributed by atoms with Gasteiger partial charge in [-0.25, -0.2) is 0 Å². The summed E-state index contributed by atoms with van der Waals surface area (Å²) in [7, 11) is 2.09. The van der Waals surface area contributed by atoms with Crippen molar-refractivity contribution in [3.63, 3.8) is 0 Å². The van der Waals surface area contributed by atoms with E-state index in [2.05, 4.69) is 22.2 Å². The Hall–Kier alpha value is -1.46. The Kier molecular flexibility index (Phi) is 4.87. The van der Waals surface area contributed by atoms with Crippen LogP contribution in [0.5, 0.6) is 0 Å². The molecule has 1 amide bonds. The number of rotatable bonds is 4. The van der Waals surface area contributed by atoms with Crippen molar-refractivity contribution in [2.45, 2.75) is 13.5 Å². The Labute approximate surface area is 114 Å². The van der Waals surface area contributed by atoms with E-state index >= 15 is 0 Å². The Bertz CT molecular complexity index is 427. The highest BCUT2D eigenvalue weighted by molar-refractivity contribution is 5.78. The van der Waals surface area contributed by atoms with E-state index in [1.54, 1.807) is 6.20 Å². The third-order valence-corrected chi connectivity index (χ3v) is 3.54. The smallest absolute Gasteiger partial charge is 0.236 e. The molecule has 0 spiro atoms. The summed E-state index contributed by atoms with van der Waals surface area (Å²) in [6, 6.07) is 3.96. The van der Waals surface area contributed by atoms with Gasteiger partial charge in [0.1, 0.15) is 0 Å². The second-order valence-electron chi connectivity index (χ2n) is 5.05. The van der Waals surface area contributed by atoms with Crippen LogP contribution in [0.2, 0.25) is 0 Å². The molecule has 19 heavy (non-hydrogen) atoms. The number of carbonyl (C=O) groups excluding carboxylic acids is 1. The maximum atomic E-state index is 12.0. The lowest BCUT2D eigenvalue weighted by molar-refractivity contribution is -0.131. The monoisotopic (exact) mass is 262 g/mol. The van der Waals surface area contributed by atoms with Crippen molar-refractivity contribution in [1.29, 1.82) is 0 Å². The lowest BCUT2D eigenvalue weighted by Crippen LogP contribution is -2.49. The predicted molar refractivity (Wildman–Crippen MR) is 74.8 cm³/mol. The summed E-state index contributed by atoms with van der Waals surface area (Å²) in [4.78, 5) is 20.5. The molecule has 0 saturated carbocycles. The van der Waals surface area contributed by atoms with Crippen molar-refractivity contribution in [1.82, 2.24) is 20.1 Å². The molecule has 1 aromatic rings. The van der Waals surface area contributed by atoms with E-state index in [-0.39, 0.29) is 5.91 Å². The van der Waals surface area contributed by atoms with E-state index in [1.165, 1.54) is 0 Å². The first-order valence-electron chi connectivity index (χ1n) is 6.74. The zero-order valence-corrected chi connectivity index (χ0v) is 11.7. The zero-order valence-electron chi connectivity index (χ0n) is 11.7. The van der Waals surface area contributed by atoms with E-state index in [9.17, 15) is 4.79 Å². The molecule has 0 atom stereocenters. The van der Waals surface area contributed by atoms with E-state index < -0.39 is 0 Å². The molecule has 5 nitrogen and oxygen atoms in total. The summed E-state index contributed by atoms with van der Waals surface area (Å²) in [5, 5.41) is 3.18. The lowest BCUT2D eigenvalue weighted by Gasteiger charge is -2.32. The maximum Gasteiger partial charge on any atom is 0.236 e. The van der Waals surface area contributed by atoms with E-state index in [0.717, 1.165) is 37.4 Å². The van der Waals surface area contributed by atoms with Gasteiger partial charge in [-0.05, 0) is 25.6 Å². The molecular weight excluding hydrogens is 240 g/mol. The topological polar surface area (TPSA) is 48.5 Å². The number of nitrogens with zero attached hydrogens (tertiary/aromatic N) is 3. The average Bonchev–Trinajstić information content (AvgIpc) is 2.41. The van der Waals surface area contributed by atoms with Crippen LogP contribution >= 0.6 is 0 Å². The number of pyridine rings is 1. The molecule has 0 aromatic carbocycles. The standard InChI is InChI=1S/C14H22N4O/c1-12-4-3-5-16-13(12)10-15-11-14(19)18-8-6-17(2)7-9-18/h3-5,15H,6-11H2,1-2H3. The van der Waals surface area contributed by atoms with Crippen molar-refractivity contribution >= 4 is 5.91 Å². The number of hydrogen-bond donors (Lipinski definition) is 1. The van der Waals surface area contributed by atoms with Gasteiger partial charge in [0.15, 0.2) is 0 Å². The van der Waals surface area contributed by atoms with E-state index in [4.69, 9.17) is 0 Å². The van der Waals surface area contributed by atoms with Gasteiger partial charge in [0.25, 0.3) is 0 Å². The summed E-state index contributed by atoms with van der Waals surface area (Å²) < 4.78 is 0. The number of amides is 1. The summed E-state index contributed by atoms with van der Waals surface area (Å²) in [6.07, 6.45) is 1.78. The first-order valence-corrected chi connectivity index (χ1v) is 6.74. The van der Waals surface area contributed by atoms with Gasteiger partial charge in [-0.3, -0.25) is 9.78 Å². The SMILES string of the molecule is Cc1cccnc1CNCC(=O)N1CCN(C)CC1. The third kappa shape index (κ3) is 4.01. The highest BCUT2D eigenvalue weighted by Gasteiger charge is 2.18. The van der Waals surface area contributed by atoms with Crippen LogP contribution in [0.1, 0.15) is 11.3 Å². The van der Waals surface area contributed by atoms with Crippen LogP contribution in [-0.2, 0) is 11.3 Å². The van der Waals surface area contributed by atoms with Gasteiger partial charge >= 0.3 is 0 Å². The van der Waals surface area contributed by atoms with Gasteiger partial charge in [0.2, 0.25) is 5.91 Å². The van der Waals surface area contributed by atoms with E-state index in [0.29, 0.717) is 13.1 Å². The fraction of sp³-hybridized carbons (Fsp3) is 0.571. The minimum atomic E-state index is 0.182. The van der Waals surface area contributed by atoms with Crippen molar-refractivity contribution in [3.05, 3.63) is 29.6 Å². The van der Waals surface area contributed by atoms with Crippen molar-refractivity contribution in [3.8, 4) is 0 Å². The molecule has 0 aliphatic carbocycles. The van der Waals surface area contributed by atoms with Crippen LogP contribution in [0.4, 0.5) is 0 Å². The van der Waals surface area contributed by atoms with Gasteiger partial charge in [0, 0.05) is 38.9 Å². The maximum absolute atomic E-state index is 12.0. The Morgan fingerprint density at radius 1 is 1.37 bits per heavy atom.